The molecular formula is C12H16N4O. The van der Waals surface area contributed by atoms with Gasteiger partial charge in [-0.1, -0.05) is 20.8 Å². The van der Waals surface area contributed by atoms with Gasteiger partial charge in [0.15, 0.2) is 5.65 Å². The van der Waals surface area contributed by atoms with Crippen LogP contribution in [0.15, 0.2) is 12.4 Å². The molecule has 2 heterocycles. The van der Waals surface area contributed by atoms with Crippen LogP contribution < -0.4 is 5.32 Å². The summed E-state index contributed by atoms with van der Waals surface area (Å²) in [6.07, 6.45) is 3.38. The zero-order valence-electron chi connectivity index (χ0n) is 10.5. The highest BCUT2D eigenvalue weighted by Crippen LogP contribution is 2.22. The van der Waals surface area contributed by atoms with E-state index in [1.807, 2.05) is 0 Å². The van der Waals surface area contributed by atoms with Crippen LogP contribution in [0.5, 0.6) is 0 Å². The number of carbonyl (C=O) groups is 1. The maximum absolute atomic E-state index is 11.7. The molecule has 0 spiro atoms. The maximum Gasteiger partial charge on any atom is 0.254 e. The van der Waals surface area contributed by atoms with E-state index in [0.29, 0.717) is 16.7 Å². The molecular weight excluding hydrogens is 216 g/mol. The maximum atomic E-state index is 11.7. The molecule has 17 heavy (non-hydrogen) atoms. The first-order valence-electron chi connectivity index (χ1n) is 5.50. The van der Waals surface area contributed by atoms with Gasteiger partial charge in [0.2, 0.25) is 0 Å². The van der Waals surface area contributed by atoms with Gasteiger partial charge in [-0.05, 0) is 0 Å². The molecule has 5 heteroatoms. The SMILES string of the molecule is CNC(=O)c1c[nH]c2ncc(C(C)(C)C)nc12. The fourth-order valence-corrected chi connectivity index (χ4v) is 1.56. The predicted octanol–water partition coefficient (Wildman–Crippen LogP) is 1.61. The minimum atomic E-state index is -0.156. The summed E-state index contributed by atoms with van der Waals surface area (Å²) < 4.78 is 0. The normalized spacial score (nSPS) is 11.8. The van der Waals surface area contributed by atoms with Gasteiger partial charge in [0, 0.05) is 18.7 Å². The molecule has 0 unspecified atom stereocenters. The molecule has 0 atom stereocenters. The summed E-state index contributed by atoms with van der Waals surface area (Å²) in [5.74, 6) is -0.156. The monoisotopic (exact) mass is 232 g/mol. The molecule has 0 aliphatic rings. The fraction of sp³-hybridized carbons (Fsp3) is 0.417. The van der Waals surface area contributed by atoms with E-state index in [1.54, 1.807) is 19.4 Å². The van der Waals surface area contributed by atoms with Crippen LogP contribution in [0.1, 0.15) is 36.8 Å². The van der Waals surface area contributed by atoms with Crippen molar-refractivity contribution in [3.05, 3.63) is 23.7 Å². The second kappa shape index (κ2) is 3.84. The molecule has 0 saturated carbocycles. The van der Waals surface area contributed by atoms with E-state index in [-0.39, 0.29) is 11.3 Å². The molecule has 90 valence electrons. The summed E-state index contributed by atoms with van der Waals surface area (Å²) in [4.78, 5) is 23.4. The van der Waals surface area contributed by atoms with E-state index in [9.17, 15) is 4.79 Å². The molecule has 0 saturated heterocycles. The van der Waals surface area contributed by atoms with Gasteiger partial charge in [0.1, 0.15) is 5.52 Å². The Morgan fingerprint density at radius 3 is 2.71 bits per heavy atom. The van der Waals surface area contributed by atoms with E-state index in [4.69, 9.17) is 0 Å². The number of hydrogen-bond acceptors (Lipinski definition) is 3. The topological polar surface area (TPSA) is 70.7 Å². The summed E-state index contributed by atoms with van der Waals surface area (Å²) in [6, 6.07) is 0. The molecule has 1 amide bonds. The van der Waals surface area contributed by atoms with Crippen molar-refractivity contribution in [1.29, 1.82) is 0 Å². The van der Waals surface area contributed by atoms with Crippen molar-refractivity contribution in [1.82, 2.24) is 20.3 Å². The van der Waals surface area contributed by atoms with E-state index < -0.39 is 0 Å². The summed E-state index contributed by atoms with van der Waals surface area (Å²) >= 11 is 0. The molecule has 2 aromatic rings. The van der Waals surface area contributed by atoms with Crippen LogP contribution in [0, 0.1) is 0 Å². The first-order chi connectivity index (χ1) is 7.93. The number of fused-ring (bicyclic) bond motifs is 1. The van der Waals surface area contributed by atoms with Crippen molar-refractivity contribution < 1.29 is 4.79 Å². The third kappa shape index (κ3) is 2.00. The molecule has 0 bridgehead atoms. The van der Waals surface area contributed by atoms with Crippen molar-refractivity contribution in [2.75, 3.05) is 7.05 Å². The zero-order valence-corrected chi connectivity index (χ0v) is 10.5. The van der Waals surface area contributed by atoms with E-state index in [1.165, 1.54) is 0 Å². The standard InChI is InChI=1S/C12H16N4O/c1-12(2,3)8-6-15-10-9(16-8)7(5-14-10)11(17)13-4/h5-6H,1-4H3,(H,13,17)(H,14,15). The van der Waals surface area contributed by atoms with Crippen LogP contribution in [0.4, 0.5) is 0 Å². The van der Waals surface area contributed by atoms with Crippen LogP contribution >= 0.6 is 0 Å². The third-order valence-corrected chi connectivity index (χ3v) is 2.62. The van der Waals surface area contributed by atoms with Crippen molar-refractivity contribution in [2.24, 2.45) is 0 Å². The molecule has 2 aromatic heterocycles. The van der Waals surface area contributed by atoms with Gasteiger partial charge in [-0.15, -0.1) is 0 Å². The lowest BCUT2D eigenvalue weighted by molar-refractivity contribution is 0.0964. The van der Waals surface area contributed by atoms with Crippen molar-refractivity contribution in [2.45, 2.75) is 26.2 Å². The number of H-pyrrole nitrogens is 1. The number of rotatable bonds is 1. The Morgan fingerprint density at radius 1 is 1.41 bits per heavy atom. The number of hydrogen-bond donors (Lipinski definition) is 2. The van der Waals surface area contributed by atoms with E-state index in [2.05, 4.69) is 41.0 Å². The van der Waals surface area contributed by atoms with Gasteiger partial charge in [0.05, 0.1) is 17.5 Å². The largest absolute Gasteiger partial charge is 0.355 e. The van der Waals surface area contributed by atoms with Gasteiger partial charge < -0.3 is 10.3 Å². The molecule has 0 aromatic carbocycles. The Bertz CT molecular complexity index is 565. The Labute approximate surface area is 99.7 Å². The lowest BCUT2D eigenvalue weighted by Gasteiger charge is -2.16. The summed E-state index contributed by atoms with van der Waals surface area (Å²) in [5.41, 5.74) is 2.57. The van der Waals surface area contributed by atoms with Crippen molar-refractivity contribution in [3.8, 4) is 0 Å². The molecule has 0 radical (unpaired) electrons. The van der Waals surface area contributed by atoms with Crippen molar-refractivity contribution >= 4 is 17.1 Å². The van der Waals surface area contributed by atoms with Crippen LogP contribution in [0.2, 0.25) is 0 Å². The smallest absolute Gasteiger partial charge is 0.254 e. The summed E-state index contributed by atoms with van der Waals surface area (Å²) in [5, 5.41) is 2.59. The summed E-state index contributed by atoms with van der Waals surface area (Å²) in [6.45, 7) is 6.19. The second-order valence-electron chi connectivity index (χ2n) is 4.98. The zero-order chi connectivity index (χ0) is 12.6. The molecule has 2 rings (SSSR count). The molecule has 0 aliphatic carbocycles. The molecule has 2 N–H and O–H groups in total. The minimum absolute atomic E-state index is 0.0849. The van der Waals surface area contributed by atoms with Crippen LogP contribution in [0.3, 0.4) is 0 Å². The highest BCUT2D eigenvalue weighted by atomic mass is 16.1. The number of nitrogens with zero attached hydrogens (tertiary/aromatic N) is 2. The van der Waals surface area contributed by atoms with Crippen molar-refractivity contribution in [3.63, 3.8) is 0 Å². The fourth-order valence-electron chi connectivity index (χ4n) is 1.56. The summed E-state index contributed by atoms with van der Waals surface area (Å²) in [7, 11) is 1.60. The number of nitrogens with one attached hydrogen (secondary N) is 2. The van der Waals surface area contributed by atoms with Gasteiger partial charge >= 0.3 is 0 Å². The van der Waals surface area contributed by atoms with E-state index >= 15 is 0 Å². The van der Waals surface area contributed by atoms with Crippen LogP contribution in [-0.2, 0) is 5.41 Å². The van der Waals surface area contributed by atoms with E-state index in [0.717, 1.165) is 5.69 Å². The quantitative estimate of drug-likeness (QED) is 0.784. The van der Waals surface area contributed by atoms with Crippen LogP contribution in [-0.4, -0.2) is 27.9 Å². The second-order valence-corrected chi connectivity index (χ2v) is 4.98. The number of amides is 1. The Morgan fingerprint density at radius 2 is 2.12 bits per heavy atom. The van der Waals surface area contributed by atoms with Gasteiger partial charge in [-0.25, -0.2) is 9.97 Å². The molecule has 0 fully saturated rings. The highest BCUT2D eigenvalue weighted by Gasteiger charge is 2.19. The number of carbonyl (C=O) groups excluding carboxylic acids is 1. The minimum Gasteiger partial charge on any atom is -0.355 e. The molecule has 0 aliphatic heterocycles. The number of aromatic amines is 1. The Kier molecular flexibility index (Phi) is 2.61. The first-order valence-corrected chi connectivity index (χ1v) is 5.50. The average molecular weight is 232 g/mol. The van der Waals surface area contributed by atoms with Crippen LogP contribution in [0.25, 0.3) is 11.2 Å². The van der Waals surface area contributed by atoms with Gasteiger partial charge in [0.25, 0.3) is 5.91 Å². The molecule has 5 nitrogen and oxygen atoms in total. The Hall–Kier alpha value is -1.91. The first kappa shape index (κ1) is 11.6. The van der Waals surface area contributed by atoms with Gasteiger partial charge in [-0.2, -0.15) is 0 Å². The average Bonchev–Trinajstić information content (AvgIpc) is 2.69. The highest BCUT2D eigenvalue weighted by molar-refractivity contribution is 6.04. The predicted molar refractivity (Wildman–Crippen MR) is 66.0 cm³/mol. The third-order valence-electron chi connectivity index (χ3n) is 2.62. The number of aromatic nitrogens is 3. The Balaban J connectivity index is 2.62. The lowest BCUT2D eigenvalue weighted by atomic mass is 9.92. The lowest BCUT2D eigenvalue weighted by Crippen LogP contribution is -2.18. The van der Waals surface area contributed by atoms with Gasteiger partial charge in [-0.3, -0.25) is 4.79 Å².